The third-order valence-corrected chi connectivity index (χ3v) is 5.38. The molecule has 0 aliphatic heterocycles. The summed E-state index contributed by atoms with van der Waals surface area (Å²) in [5.74, 6) is 0. The molecule has 0 heterocycles. The monoisotopic (exact) mass is 252 g/mol. The molecule has 0 atom stereocenters. The Morgan fingerprint density at radius 2 is 1.50 bits per heavy atom. The molecule has 0 aromatic carbocycles. The normalized spacial score (nSPS) is 26.2. The van der Waals surface area contributed by atoms with Gasteiger partial charge in [-0.25, -0.2) is 0 Å². The highest BCUT2D eigenvalue weighted by Gasteiger charge is 2.32. The zero-order valence-electron chi connectivity index (χ0n) is 12.3. The molecular formula is C16H32N2. The minimum Gasteiger partial charge on any atom is -0.330 e. The summed E-state index contributed by atoms with van der Waals surface area (Å²) < 4.78 is 0. The fourth-order valence-electron chi connectivity index (χ4n) is 4.09. The summed E-state index contributed by atoms with van der Waals surface area (Å²) in [6.07, 6.45) is 15.5. The molecule has 0 spiro atoms. The summed E-state index contributed by atoms with van der Waals surface area (Å²) >= 11 is 0. The molecule has 106 valence electrons. The molecule has 2 N–H and O–H groups in total. The van der Waals surface area contributed by atoms with Crippen molar-refractivity contribution >= 4 is 0 Å². The van der Waals surface area contributed by atoms with Crippen molar-refractivity contribution in [3.8, 4) is 0 Å². The highest BCUT2D eigenvalue weighted by Crippen LogP contribution is 2.36. The van der Waals surface area contributed by atoms with Crippen LogP contribution in [-0.2, 0) is 0 Å². The molecule has 0 unspecified atom stereocenters. The van der Waals surface area contributed by atoms with Crippen LogP contribution in [0.2, 0.25) is 0 Å². The van der Waals surface area contributed by atoms with Gasteiger partial charge in [-0.3, -0.25) is 0 Å². The van der Waals surface area contributed by atoms with E-state index in [1.54, 1.807) is 0 Å². The second kappa shape index (κ2) is 6.91. The highest BCUT2D eigenvalue weighted by molar-refractivity contribution is 4.87. The first-order valence-corrected chi connectivity index (χ1v) is 8.16. The second-order valence-electron chi connectivity index (χ2n) is 6.83. The van der Waals surface area contributed by atoms with Crippen LogP contribution >= 0.6 is 0 Å². The number of nitrogens with two attached hydrogens (primary N) is 1. The van der Waals surface area contributed by atoms with Gasteiger partial charge in [0.25, 0.3) is 0 Å². The van der Waals surface area contributed by atoms with Crippen molar-refractivity contribution in [3.05, 3.63) is 0 Å². The van der Waals surface area contributed by atoms with E-state index in [9.17, 15) is 0 Å². The minimum absolute atomic E-state index is 0.433. The van der Waals surface area contributed by atoms with Crippen LogP contribution in [-0.4, -0.2) is 31.1 Å². The third-order valence-electron chi connectivity index (χ3n) is 5.38. The van der Waals surface area contributed by atoms with Gasteiger partial charge in [0.1, 0.15) is 0 Å². The summed E-state index contributed by atoms with van der Waals surface area (Å²) in [6, 6.07) is 0.838. The van der Waals surface area contributed by atoms with Crippen molar-refractivity contribution in [3.63, 3.8) is 0 Å². The fourth-order valence-corrected chi connectivity index (χ4v) is 4.09. The number of hydrogen-bond acceptors (Lipinski definition) is 2. The van der Waals surface area contributed by atoms with E-state index in [1.807, 2.05) is 0 Å². The van der Waals surface area contributed by atoms with E-state index in [1.165, 1.54) is 77.2 Å². The SMILES string of the molecule is CN(CC1(CN)CCCCCC1)C1CCCCC1. The highest BCUT2D eigenvalue weighted by atomic mass is 15.1. The zero-order valence-corrected chi connectivity index (χ0v) is 12.3. The molecule has 18 heavy (non-hydrogen) atoms. The Morgan fingerprint density at radius 3 is 2.06 bits per heavy atom. The van der Waals surface area contributed by atoms with Gasteiger partial charge < -0.3 is 10.6 Å². The lowest BCUT2D eigenvalue weighted by atomic mass is 9.79. The largest absolute Gasteiger partial charge is 0.330 e. The van der Waals surface area contributed by atoms with Gasteiger partial charge in [-0.05, 0) is 44.7 Å². The summed E-state index contributed by atoms with van der Waals surface area (Å²) in [6.45, 7) is 2.14. The number of nitrogens with zero attached hydrogens (tertiary/aromatic N) is 1. The molecule has 0 saturated heterocycles. The van der Waals surface area contributed by atoms with E-state index in [4.69, 9.17) is 5.73 Å². The Bertz CT molecular complexity index is 225. The summed E-state index contributed by atoms with van der Waals surface area (Å²) in [5.41, 5.74) is 6.59. The van der Waals surface area contributed by atoms with E-state index < -0.39 is 0 Å². The quantitative estimate of drug-likeness (QED) is 0.775. The fraction of sp³-hybridized carbons (Fsp3) is 1.00. The van der Waals surface area contributed by atoms with Crippen LogP contribution in [0, 0.1) is 5.41 Å². The van der Waals surface area contributed by atoms with Gasteiger partial charge in [-0.15, -0.1) is 0 Å². The molecule has 0 aromatic heterocycles. The summed E-state index contributed by atoms with van der Waals surface area (Å²) in [5, 5.41) is 0. The lowest BCUT2D eigenvalue weighted by Gasteiger charge is -2.40. The average Bonchev–Trinajstić information content (AvgIpc) is 2.66. The molecule has 0 aromatic rings. The van der Waals surface area contributed by atoms with Gasteiger partial charge in [0.05, 0.1) is 0 Å². The lowest BCUT2D eigenvalue weighted by Crippen LogP contribution is -2.45. The smallest absolute Gasteiger partial charge is 0.00924 e. The maximum atomic E-state index is 6.16. The van der Waals surface area contributed by atoms with Crippen LogP contribution in [0.4, 0.5) is 0 Å². The van der Waals surface area contributed by atoms with Crippen LogP contribution in [0.3, 0.4) is 0 Å². The van der Waals surface area contributed by atoms with Crippen LogP contribution < -0.4 is 5.73 Å². The first kappa shape index (κ1) is 14.3. The van der Waals surface area contributed by atoms with Crippen molar-refractivity contribution in [1.82, 2.24) is 4.90 Å². The van der Waals surface area contributed by atoms with Crippen LogP contribution in [0.1, 0.15) is 70.6 Å². The molecule has 2 nitrogen and oxygen atoms in total. The average molecular weight is 252 g/mol. The van der Waals surface area contributed by atoms with Gasteiger partial charge in [0.2, 0.25) is 0 Å². The molecule has 2 heteroatoms. The van der Waals surface area contributed by atoms with Gasteiger partial charge in [-0.2, -0.15) is 0 Å². The third kappa shape index (κ3) is 3.71. The predicted molar refractivity (Wildman–Crippen MR) is 78.7 cm³/mol. The van der Waals surface area contributed by atoms with Crippen molar-refractivity contribution in [1.29, 1.82) is 0 Å². The molecular weight excluding hydrogens is 220 g/mol. The molecule has 2 aliphatic rings. The van der Waals surface area contributed by atoms with Crippen molar-refractivity contribution in [2.45, 2.75) is 76.7 Å². The van der Waals surface area contributed by atoms with Crippen LogP contribution in [0.15, 0.2) is 0 Å². The van der Waals surface area contributed by atoms with Gasteiger partial charge in [0, 0.05) is 12.6 Å². The molecule has 2 saturated carbocycles. The lowest BCUT2D eigenvalue weighted by molar-refractivity contribution is 0.104. The Morgan fingerprint density at radius 1 is 0.944 bits per heavy atom. The molecule has 2 fully saturated rings. The Kier molecular flexibility index (Phi) is 5.50. The van der Waals surface area contributed by atoms with Crippen molar-refractivity contribution < 1.29 is 0 Å². The van der Waals surface area contributed by atoms with E-state index >= 15 is 0 Å². The molecule has 0 radical (unpaired) electrons. The van der Waals surface area contributed by atoms with Crippen LogP contribution in [0.5, 0.6) is 0 Å². The molecule has 2 rings (SSSR count). The maximum absolute atomic E-state index is 6.16. The van der Waals surface area contributed by atoms with Crippen molar-refractivity contribution in [2.75, 3.05) is 20.1 Å². The predicted octanol–water partition coefficient (Wildman–Crippen LogP) is 3.55. The standard InChI is InChI=1S/C16H32N2/c1-18(15-9-5-4-6-10-15)14-16(13-17)11-7-2-3-8-12-16/h15H,2-14,17H2,1H3. The molecule has 2 aliphatic carbocycles. The van der Waals surface area contributed by atoms with Gasteiger partial charge >= 0.3 is 0 Å². The first-order chi connectivity index (χ1) is 8.76. The Labute approximate surface area is 113 Å². The van der Waals surface area contributed by atoms with E-state index in [0.29, 0.717) is 5.41 Å². The topological polar surface area (TPSA) is 29.3 Å². The summed E-state index contributed by atoms with van der Waals surface area (Å²) in [4.78, 5) is 2.65. The molecule has 0 bridgehead atoms. The number of rotatable bonds is 4. The summed E-state index contributed by atoms with van der Waals surface area (Å²) in [7, 11) is 2.35. The van der Waals surface area contributed by atoms with E-state index in [0.717, 1.165) is 12.6 Å². The number of hydrogen-bond donors (Lipinski definition) is 1. The van der Waals surface area contributed by atoms with Gasteiger partial charge in [-0.1, -0.05) is 44.9 Å². The minimum atomic E-state index is 0.433. The van der Waals surface area contributed by atoms with Crippen LogP contribution in [0.25, 0.3) is 0 Å². The van der Waals surface area contributed by atoms with E-state index in [-0.39, 0.29) is 0 Å². The molecule has 0 amide bonds. The van der Waals surface area contributed by atoms with Crippen molar-refractivity contribution in [2.24, 2.45) is 11.1 Å². The second-order valence-corrected chi connectivity index (χ2v) is 6.83. The van der Waals surface area contributed by atoms with E-state index in [2.05, 4.69) is 11.9 Å². The Hall–Kier alpha value is -0.0800. The van der Waals surface area contributed by atoms with Gasteiger partial charge in [0.15, 0.2) is 0 Å². The Balaban J connectivity index is 1.90. The first-order valence-electron chi connectivity index (χ1n) is 8.16. The zero-order chi connectivity index (χ0) is 12.8. The maximum Gasteiger partial charge on any atom is 0.00924 e.